The monoisotopic (exact) mass is 392 g/mol. The van der Waals surface area contributed by atoms with Gasteiger partial charge in [-0.25, -0.2) is 0 Å². The highest BCUT2D eigenvalue weighted by molar-refractivity contribution is 9.09. The number of halogens is 1. The summed E-state index contributed by atoms with van der Waals surface area (Å²) in [5.41, 5.74) is 1.24. The molecule has 0 saturated heterocycles. The standard InChI is InChI=1S/C21H29BrO2/c1-3-5-14-24-21-17(4-2)16-20(23-15-10-6-9-13-22)18-11-7-8-12-19(18)21/h7-8,11-12,16H,3-6,9-10,13-15H2,1-2H3. The second-order valence-electron chi connectivity index (χ2n) is 6.06. The summed E-state index contributed by atoms with van der Waals surface area (Å²) in [7, 11) is 0. The van der Waals surface area contributed by atoms with Crippen molar-refractivity contribution in [3.8, 4) is 11.5 Å². The Balaban J connectivity index is 2.23. The highest BCUT2D eigenvalue weighted by atomic mass is 79.9. The van der Waals surface area contributed by atoms with Gasteiger partial charge in [0.15, 0.2) is 0 Å². The molecule has 0 aromatic heterocycles. The maximum absolute atomic E-state index is 6.13. The Bertz CT molecular complexity index is 625. The molecular weight excluding hydrogens is 364 g/mol. The van der Waals surface area contributed by atoms with Crippen LogP contribution in [0.3, 0.4) is 0 Å². The first kappa shape index (κ1) is 19.1. The van der Waals surface area contributed by atoms with E-state index in [1.54, 1.807) is 0 Å². The average Bonchev–Trinajstić information content (AvgIpc) is 2.62. The van der Waals surface area contributed by atoms with Crippen LogP contribution in [0.2, 0.25) is 0 Å². The largest absolute Gasteiger partial charge is 0.493 e. The van der Waals surface area contributed by atoms with Crippen molar-refractivity contribution in [1.82, 2.24) is 0 Å². The summed E-state index contributed by atoms with van der Waals surface area (Å²) in [6.45, 7) is 5.92. The minimum atomic E-state index is 0.774. The van der Waals surface area contributed by atoms with Crippen molar-refractivity contribution >= 4 is 26.7 Å². The SMILES string of the molecule is CCCCOc1c(CC)cc(OCCCCCBr)c2ccccc12. The highest BCUT2D eigenvalue weighted by Crippen LogP contribution is 2.37. The number of hydrogen-bond acceptors (Lipinski definition) is 2. The van der Waals surface area contributed by atoms with Crippen LogP contribution >= 0.6 is 15.9 Å². The molecule has 0 bridgehead atoms. The molecule has 0 fully saturated rings. The molecule has 0 atom stereocenters. The van der Waals surface area contributed by atoms with Crippen LogP contribution in [-0.2, 0) is 6.42 Å². The van der Waals surface area contributed by atoms with E-state index in [1.165, 1.54) is 23.8 Å². The summed E-state index contributed by atoms with van der Waals surface area (Å²) < 4.78 is 12.3. The molecule has 0 heterocycles. The van der Waals surface area contributed by atoms with Crippen LogP contribution in [0.1, 0.15) is 51.5 Å². The van der Waals surface area contributed by atoms with E-state index in [2.05, 4.69) is 60.1 Å². The Morgan fingerprint density at radius 2 is 1.62 bits per heavy atom. The van der Waals surface area contributed by atoms with E-state index >= 15 is 0 Å². The van der Waals surface area contributed by atoms with Crippen molar-refractivity contribution in [1.29, 1.82) is 0 Å². The predicted molar refractivity (Wildman–Crippen MR) is 107 cm³/mol. The topological polar surface area (TPSA) is 18.5 Å². The van der Waals surface area contributed by atoms with Gasteiger partial charge in [-0.2, -0.15) is 0 Å². The molecule has 0 radical (unpaired) electrons. The van der Waals surface area contributed by atoms with E-state index < -0.39 is 0 Å². The van der Waals surface area contributed by atoms with E-state index in [0.29, 0.717) is 0 Å². The normalized spacial score (nSPS) is 11.0. The number of unbranched alkanes of at least 4 members (excludes halogenated alkanes) is 3. The fourth-order valence-corrected chi connectivity index (χ4v) is 3.19. The number of fused-ring (bicyclic) bond motifs is 1. The first-order valence-electron chi connectivity index (χ1n) is 9.18. The zero-order valence-electron chi connectivity index (χ0n) is 14.9. The minimum Gasteiger partial charge on any atom is -0.493 e. The number of rotatable bonds is 11. The van der Waals surface area contributed by atoms with Crippen molar-refractivity contribution in [2.75, 3.05) is 18.5 Å². The summed E-state index contributed by atoms with van der Waals surface area (Å²) in [5, 5.41) is 3.39. The molecule has 0 unspecified atom stereocenters. The van der Waals surface area contributed by atoms with Crippen LogP contribution in [0.4, 0.5) is 0 Å². The van der Waals surface area contributed by atoms with Gasteiger partial charge in [0.1, 0.15) is 11.5 Å². The fraction of sp³-hybridized carbons (Fsp3) is 0.524. The molecule has 2 aromatic carbocycles. The van der Waals surface area contributed by atoms with E-state index in [1.807, 2.05) is 0 Å². The molecule has 0 aliphatic rings. The van der Waals surface area contributed by atoms with Crippen molar-refractivity contribution in [2.45, 2.75) is 52.4 Å². The third-order valence-electron chi connectivity index (χ3n) is 4.19. The summed E-state index contributed by atoms with van der Waals surface area (Å²) in [4.78, 5) is 0. The van der Waals surface area contributed by atoms with Crippen LogP contribution in [-0.4, -0.2) is 18.5 Å². The third kappa shape index (κ3) is 5.14. The van der Waals surface area contributed by atoms with Gasteiger partial charge in [0, 0.05) is 16.1 Å². The highest BCUT2D eigenvalue weighted by Gasteiger charge is 2.13. The summed E-state index contributed by atoms with van der Waals surface area (Å²) in [6.07, 6.45) is 6.68. The lowest BCUT2D eigenvalue weighted by atomic mass is 10.0. The van der Waals surface area contributed by atoms with Crippen LogP contribution < -0.4 is 9.47 Å². The van der Waals surface area contributed by atoms with Crippen molar-refractivity contribution in [3.63, 3.8) is 0 Å². The number of aryl methyl sites for hydroxylation is 1. The molecule has 3 heteroatoms. The van der Waals surface area contributed by atoms with Gasteiger partial charge in [0.05, 0.1) is 13.2 Å². The van der Waals surface area contributed by atoms with Gasteiger partial charge in [-0.1, -0.05) is 60.5 Å². The summed E-state index contributed by atoms with van der Waals surface area (Å²) in [5.74, 6) is 2.03. The van der Waals surface area contributed by atoms with Crippen molar-refractivity contribution < 1.29 is 9.47 Å². The number of ether oxygens (including phenoxy) is 2. The Morgan fingerprint density at radius 1 is 0.875 bits per heavy atom. The molecular formula is C21H29BrO2. The van der Waals surface area contributed by atoms with E-state index in [-0.39, 0.29) is 0 Å². The van der Waals surface area contributed by atoms with Gasteiger partial charge in [0.2, 0.25) is 0 Å². The Hall–Kier alpha value is -1.22. The first-order valence-corrected chi connectivity index (χ1v) is 10.3. The van der Waals surface area contributed by atoms with Gasteiger partial charge in [-0.05, 0) is 43.7 Å². The molecule has 24 heavy (non-hydrogen) atoms. The number of hydrogen-bond donors (Lipinski definition) is 0. The van der Waals surface area contributed by atoms with E-state index in [4.69, 9.17) is 9.47 Å². The maximum atomic E-state index is 6.13. The second-order valence-corrected chi connectivity index (χ2v) is 6.86. The number of alkyl halides is 1. The summed E-state index contributed by atoms with van der Waals surface area (Å²) >= 11 is 3.48. The minimum absolute atomic E-state index is 0.774. The molecule has 0 aliphatic heterocycles. The van der Waals surface area contributed by atoms with Crippen LogP contribution in [0, 0.1) is 0 Å². The molecule has 0 amide bonds. The second kappa shape index (κ2) is 10.6. The van der Waals surface area contributed by atoms with Crippen molar-refractivity contribution in [2.24, 2.45) is 0 Å². The lowest BCUT2D eigenvalue weighted by Gasteiger charge is -2.17. The zero-order chi connectivity index (χ0) is 17.2. The smallest absolute Gasteiger partial charge is 0.130 e. The molecule has 2 rings (SSSR count). The Kier molecular flexibility index (Phi) is 8.44. The lowest BCUT2D eigenvalue weighted by molar-refractivity contribution is 0.302. The molecule has 2 nitrogen and oxygen atoms in total. The van der Waals surface area contributed by atoms with Crippen molar-refractivity contribution in [3.05, 3.63) is 35.9 Å². The lowest BCUT2D eigenvalue weighted by Crippen LogP contribution is -2.03. The van der Waals surface area contributed by atoms with Gasteiger partial charge >= 0.3 is 0 Å². The number of benzene rings is 2. The molecule has 2 aromatic rings. The molecule has 0 aliphatic carbocycles. The molecule has 0 spiro atoms. The average molecular weight is 393 g/mol. The quantitative estimate of drug-likeness (QED) is 0.319. The van der Waals surface area contributed by atoms with Crippen LogP contribution in [0.15, 0.2) is 30.3 Å². The summed E-state index contributed by atoms with van der Waals surface area (Å²) in [6, 6.07) is 10.6. The van der Waals surface area contributed by atoms with Gasteiger partial charge in [-0.15, -0.1) is 0 Å². The fourth-order valence-electron chi connectivity index (χ4n) is 2.80. The maximum Gasteiger partial charge on any atom is 0.130 e. The Labute approximate surface area is 154 Å². The molecule has 132 valence electrons. The zero-order valence-corrected chi connectivity index (χ0v) is 16.5. The van der Waals surface area contributed by atoms with Gasteiger partial charge in [0.25, 0.3) is 0 Å². The van der Waals surface area contributed by atoms with E-state index in [0.717, 1.165) is 61.1 Å². The van der Waals surface area contributed by atoms with Gasteiger partial charge < -0.3 is 9.47 Å². The predicted octanol–water partition coefficient (Wildman–Crippen LogP) is 6.53. The van der Waals surface area contributed by atoms with Crippen LogP contribution in [0.5, 0.6) is 11.5 Å². The van der Waals surface area contributed by atoms with E-state index in [9.17, 15) is 0 Å². The molecule has 0 N–H and O–H groups in total. The van der Waals surface area contributed by atoms with Gasteiger partial charge in [-0.3, -0.25) is 0 Å². The Morgan fingerprint density at radius 3 is 2.33 bits per heavy atom. The van der Waals surface area contributed by atoms with Crippen LogP contribution in [0.25, 0.3) is 10.8 Å². The first-order chi connectivity index (χ1) is 11.8. The molecule has 0 saturated carbocycles. The third-order valence-corrected chi connectivity index (χ3v) is 4.76.